The number of hydrogen-bond donors (Lipinski definition) is 1. The molecule has 0 bridgehead atoms. The summed E-state index contributed by atoms with van der Waals surface area (Å²) in [5, 5.41) is 13.3. The van der Waals surface area contributed by atoms with Crippen molar-refractivity contribution < 1.29 is 5.11 Å². The standard InChI is InChI=1S/C10H11N3O/c1-13-10(7-14)9(6-12-13)8-3-2-4-11-5-8/h2-6,14H,7H2,1H3. The minimum absolute atomic E-state index is 0.0132. The smallest absolute Gasteiger partial charge is 0.0856 e. The van der Waals surface area contributed by atoms with Crippen molar-refractivity contribution in [3.63, 3.8) is 0 Å². The Hall–Kier alpha value is -1.68. The van der Waals surface area contributed by atoms with Gasteiger partial charge in [0.1, 0.15) is 0 Å². The summed E-state index contributed by atoms with van der Waals surface area (Å²) in [5.41, 5.74) is 2.71. The van der Waals surface area contributed by atoms with Gasteiger partial charge in [-0.2, -0.15) is 5.10 Å². The van der Waals surface area contributed by atoms with E-state index in [4.69, 9.17) is 5.11 Å². The molecule has 4 heteroatoms. The van der Waals surface area contributed by atoms with Crippen molar-refractivity contribution in [1.29, 1.82) is 0 Å². The highest BCUT2D eigenvalue weighted by atomic mass is 16.3. The minimum atomic E-state index is -0.0132. The van der Waals surface area contributed by atoms with Crippen LogP contribution in [0.1, 0.15) is 5.69 Å². The molecule has 72 valence electrons. The van der Waals surface area contributed by atoms with Crippen LogP contribution in [0.5, 0.6) is 0 Å². The number of aromatic nitrogens is 3. The molecule has 0 unspecified atom stereocenters. The zero-order chi connectivity index (χ0) is 9.97. The maximum Gasteiger partial charge on any atom is 0.0856 e. The van der Waals surface area contributed by atoms with E-state index < -0.39 is 0 Å². The molecule has 4 nitrogen and oxygen atoms in total. The molecule has 0 aromatic carbocycles. The molecule has 0 aliphatic rings. The van der Waals surface area contributed by atoms with Crippen LogP contribution in [-0.4, -0.2) is 19.9 Å². The maximum atomic E-state index is 9.17. The molecule has 0 amide bonds. The summed E-state index contributed by atoms with van der Waals surface area (Å²) in [4.78, 5) is 4.03. The SMILES string of the molecule is Cn1ncc(-c2cccnc2)c1CO. The monoisotopic (exact) mass is 189 g/mol. The predicted molar refractivity (Wildman–Crippen MR) is 52.4 cm³/mol. The Kier molecular flexibility index (Phi) is 2.28. The minimum Gasteiger partial charge on any atom is -0.390 e. The van der Waals surface area contributed by atoms with Gasteiger partial charge in [-0.15, -0.1) is 0 Å². The average molecular weight is 189 g/mol. The summed E-state index contributed by atoms with van der Waals surface area (Å²) in [6.07, 6.45) is 5.22. The summed E-state index contributed by atoms with van der Waals surface area (Å²) in [6.45, 7) is -0.0132. The molecule has 2 aromatic rings. The molecule has 2 heterocycles. The number of aliphatic hydroxyl groups excluding tert-OH is 1. The van der Waals surface area contributed by atoms with Crippen molar-refractivity contribution in [2.45, 2.75) is 6.61 Å². The summed E-state index contributed by atoms with van der Waals surface area (Å²) in [6, 6.07) is 3.81. The van der Waals surface area contributed by atoms with Gasteiger partial charge in [0.2, 0.25) is 0 Å². The highest BCUT2D eigenvalue weighted by Crippen LogP contribution is 2.21. The Morgan fingerprint density at radius 2 is 2.29 bits per heavy atom. The quantitative estimate of drug-likeness (QED) is 0.766. The van der Waals surface area contributed by atoms with Crippen LogP contribution < -0.4 is 0 Å². The van der Waals surface area contributed by atoms with E-state index in [2.05, 4.69) is 10.1 Å². The van der Waals surface area contributed by atoms with Crippen LogP contribution in [0.15, 0.2) is 30.7 Å². The fourth-order valence-electron chi connectivity index (χ4n) is 1.41. The van der Waals surface area contributed by atoms with Gasteiger partial charge in [0, 0.05) is 30.6 Å². The molecule has 2 rings (SSSR count). The molecule has 0 saturated carbocycles. The lowest BCUT2D eigenvalue weighted by Crippen LogP contribution is -1.98. The van der Waals surface area contributed by atoms with Gasteiger partial charge in [-0.25, -0.2) is 0 Å². The lowest BCUT2D eigenvalue weighted by atomic mass is 10.1. The molecule has 0 spiro atoms. The van der Waals surface area contributed by atoms with Crippen LogP contribution in [0.2, 0.25) is 0 Å². The topological polar surface area (TPSA) is 50.9 Å². The van der Waals surface area contributed by atoms with Crippen LogP contribution in [0.4, 0.5) is 0 Å². The van der Waals surface area contributed by atoms with E-state index in [1.54, 1.807) is 23.3 Å². The fraction of sp³-hybridized carbons (Fsp3) is 0.200. The van der Waals surface area contributed by atoms with Gasteiger partial charge >= 0.3 is 0 Å². The average Bonchev–Trinajstić information content (AvgIpc) is 2.61. The Balaban J connectivity index is 2.52. The number of aliphatic hydroxyl groups is 1. The zero-order valence-corrected chi connectivity index (χ0v) is 7.88. The first kappa shape index (κ1) is 8.90. The molecule has 0 saturated heterocycles. The normalized spacial score (nSPS) is 10.4. The highest BCUT2D eigenvalue weighted by molar-refractivity contribution is 5.64. The molecule has 0 aliphatic heterocycles. The Morgan fingerprint density at radius 3 is 2.93 bits per heavy atom. The lowest BCUT2D eigenvalue weighted by Gasteiger charge is -2.01. The third-order valence-electron chi connectivity index (χ3n) is 2.18. The number of pyridine rings is 1. The molecule has 0 radical (unpaired) electrons. The molecular formula is C10H11N3O. The molecule has 1 N–H and O–H groups in total. The third kappa shape index (κ3) is 1.40. The molecule has 14 heavy (non-hydrogen) atoms. The van der Waals surface area contributed by atoms with E-state index in [9.17, 15) is 0 Å². The second-order valence-corrected chi connectivity index (χ2v) is 3.03. The Morgan fingerprint density at radius 1 is 1.43 bits per heavy atom. The van der Waals surface area contributed by atoms with Crippen molar-refractivity contribution in [2.24, 2.45) is 7.05 Å². The molecule has 0 fully saturated rings. The largest absolute Gasteiger partial charge is 0.390 e. The van der Waals surface area contributed by atoms with Crippen molar-refractivity contribution >= 4 is 0 Å². The van der Waals surface area contributed by atoms with Gasteiger partial charge in [-0.05, 0) is 6.07 Å². The first-order valence-corrected chi connectivity index (χ1v) is 4.35. The van der Waals surface area contributed by atoms with Crippen LogP contribution in [0, 0.1) is 0 Å². The number of hydrogen-bond acceptors (Lipinski definition) is 3. The highest BCUT2D eigenvalue weighted by Gasteiger charge is 2.08. The second kappa shape index (κ2) is 3.59. The molecule has 2 aromatic heterocycles. The Bertz CT molecular complexity index is 422. The Labute approximate surface area is 81.8 Å². The van der Waals surface area contributed by atoms with Crippen LogP contribution >= 0.6 is 0 Å². The van der Waals surface area contributed by atoms with E-state index in [1.165, 1.54) is 0 Å². The van der Waals surface area contributed by atoms with Gasteiger partial charge in [-0.1, -0.05) is 6.07 Å². The van der Waals surface area contributed by atoms with Gasteiger partial charge in [0.15, 0.2) is 0 Å². The number of rotatable bonds is 2. The van der Waals surface area contributed by atoms with Crippen molar-refractivity contribution in [2.75, 3.05) is 0 Å². The predicted octanol–water partition coefficient (Wildman–Crippen LogP) is 0.974. The van der Waals surface area contributed by atoms with Crippen LogP contribution in [-0.2, 0) is 13.7 Å². The van der Waals surface area contributed by atoms with Gasteiger partial charge in [0.25, 0.3) is 0 Å². The van der Waals surface area contributed by atoms with Crippen molar-refractivity contribution in [3.05, 3.63) is 36.4 Å². The van der Waals surface area contributed by atoms with Crippen LogP contribution in [0.3, 0.4) is 0 Å². The maximum absolute atomic E-state index is 9.17. The van der Waals surface area contributed by atoms with E-state index in [-0.39, 0.29) is 6.61 Å². The second-order valence-electron chi connectivity index (χ2n) is 3.03. The van der Waals surface area contributed by atoms with Gasteiger partial charge in [0.05, 0.1) is 18.5 Å². The van der Waals surface area contributed by atoms with Gasteiger partial charge in [-0.3, -0.25) is 9.67 Å². The summed E-state index contributed by atoms with van der Waals surface area (Å²) in [7, 11) is 1.81. The molecule has 0 aliphatic carbocycles. The van der Waals surface area contributed by atoms with E-state index in [0.29, 0.717) is 0 Å². The van der Waals surface area contributed by atoms with Crippen molar-refractivity contribution in [3.8, 4) is 11.1 Å². The van der Waals surface area contributed by atoms with Crippen LogP contribution in [0.25, 0.3) is 11.1 Å². The zero-order valence-electron chi connectivity index (χ0n) is 7.88. The van der Waals surface area contributed by atoms with E-state index in [1.807, 2.05) is 19.2 Å². The summed E-state index contributed by atoms with van der Waals surface area (Å²) < 4.78 is 1.67. The first-order valence-electron chi connectivity index (χ1n) is 4.35. The first-order chi connectivity index (χ1) is 6.83. The van der Waals surface area contributed by atoms with Crippen molar-refractivity contribution in [1.82, 2.24) is 14.8 Å². The van der Waals surface area contributed by atoms with E-state index in [0.717, 1.165) is 16.8 Å². The summed E-state index contributed by atoms with van der Waals surface area (Å²) in [5.74, 6) is 0. The summed E-state index contributed by atoms with van der Waals surface area (Å²) >= 11 is 0. The fourth-order valence-corrected chi connectivity index (χ4v) is 1.41. The van der Waals surface area contributed by atoms with E-state index >= 15 is 0 Å². The third-order valence-corrected chi connectivity index (χ3v) is 2.18. The molecular weight excluding hydrogens is 178 g/mol. The number of aryl methyl sites for hydroxylation is 1. The molecule has 0 atom stereocenters. The number of nitrogens with zero attached hydrogens (tertiary/aromatic N) is 3. The lowest BCUT2D eigenvalue weighted by molar-refractivity contribution is 0.271. The van der Waals surface area contributed by atoms with Gasteiger partial charge < -0.3 is 5.11 Å².